The summed E-state index contributed by atoms with van der Waals surface area (Å²) in [5.74, 6) is -0.871. The van der Waals surface area contributed by atoms with Gasteiger partial charge in [0, 0.05) is 25.1 Å². The highest BCUT2D eigenvalue weighted by Crippen LogP contribution is 2.17. The van der Waals surface area contributed by atoms with E-state index in [9.17, 15) is 13.6 Å². The maximum absolute atomic E-state index is 13.4. The molecule has 0 atom stereocenters. The van der Waals surface area contributed by atoms with Crippen LogP contribution < -0.4 is 20.7 Å². The van der Waals surface area contributed by atoms with Crippen molar-refractivity contribution < 1.29 is 18.3 Å². The lowest BCUT2D eigenvalue weighted by Gasteiger charge is -2.12. The number of carbonyl (C=O) groups is 1. The normalized spacial score (nSPS) is 11.4. The van der Waals surface area contributed by atoms with E-state index in [1.54, 1.807) is 0 Å². The molecule has 0 aliphatic heterocycles. The Morgan fingerprint density at radius 1 is 1.20 bits per heavy atom. The molecule has 0 saturated carbocycles. The van der Waals surface area contributed by atoms with Gasteiger partial charge < -0.3 is 20.7 Å². The highest BCUT2D eigenvalue weighted by Gasteiger charge is 2.06. The summed E-state index contributed by atoms with van der Waals surface area (Å²) in [5, 5.41) is 8.88. The SMILES string of the molecule is CCNC(=NCCNC(=O)C(C)C)NCCOc1ccc(F)cc1F. The lowest BCUT2D eigenvalue weighted by Crippen LogP contribution is -2.40. The molecule has 1 rings (SSSR count). The number of rotatable bonds is 9. The molecule has 1 aromatic carbocycles. The van der Waals surface area contributed by atoms with E-state index < -0.39 is 11.6 Å². The molecule has 6 nitrogen and oxygen atoms in total. The van der Waals surface area contributed by atoms with Crippen molar-refractivity contribution in [2.24, 2.45) is 10.9 Å². The van der Waals surface area contributed by atoms with Gasteiger partial charge in [-0.15, -0.1) is 0 Å². The molecule has 1 aromatic rings. The summed E-state index contributed by atoms with van der Waals surface area (Å²) < 4.78 is 31.5. The molecule has 8 heteroatoms. The summed E-state index contributed by atoms with van der Waals surface area (Å²) in [6.07, 6.45) is 0. The predicted octanol–water partition coefficient (Wildman–Crippen LogP) is 1.67. The first-order valence-corrected chi connectivity index (χ1v) is 8.31. The van der Waals surface area contributed by atoms with Crippen LogP contribution in [0.5, 0.6) is 5.75 Å². The Morgan fingerprint density at radius 3 is 2.60 bits per heavy atom. The lowest BCUT2D eigenvalue weighted by molar-refractivity contribution is -0.123. The second-order valence-corrected chi connectivity index (χ2v) is 5.56. The molecule has 0 saturated heterocycles. The Labute approximate surface area is 147 Å². The first-order chi connectivity index (χ1) is 11.9. The number of benzene rings is 1. The van der Waals surface area contributed by atoms with E-state index in [4.69, 9.17) is 4.74 Å². The van der Waals surface area contributed by atoms with Gasteiger partial charge >= 0.3 is 0 Å². The maximum atomic E-state index is 13.4. The minimum atomic E-state index is -0.735. The summed E-state index contributed by atoms with van der Waals surface area (Å²) in [4.78, 5) is 15.8. The van der Waals surface area contributed by atoms with E-state index in [-0.39, 0.29) is 24.2 Å². The quantitative estimate of drug-likeness (QED) is 0.357. The van der Waals surface area contributed by atoms with E-state index in [0.717, 1.165) is 12.1 Å². The van der Waals surface area contributed by atoms with Gasteiger partial charge in [0.25, 0.3) is 0 Å². The molecular weight excluding hydrogens is 330 g/mol. The number of guanidine groups is 1. The van der Waals surface area contributed by atoms with Crippen molar-refractivity contribution in [2.45, 2.75) is 20.8 Å². The van der Waals surface area contributed by atoms with Gasteiger partial charge in [-0.05, 0) is 19.1 Å². The van der Waals surface area contributed by atoms with Crippen molar-refractivity contribution in [3.05, 3.63) is 29.8 Å². The molecule has 140 valence electrons. The average Bonchev–Trinajstić information content (AvgIpc) is 2.56. The van der Waals surface area contributed by atoms with Crippen LogP contribution in [0.15, 0.2) is 23.2 Å². The van der Waals surface area contributed by atoms with E-state index in [2.05, 4.69) is 20.9 Å². The smallest absolute Gasteiger partial charge is 0.222 e. The molecule has 0 aliphatic rings. The summed E-state index contributed by atoms with van der Waals surface area (Å²) >= 11 is 0. The number of halogens is 2. The Hall–Kier alpha value is -2.38. The molecule has 0 aromatic heterocycles. The fourth-order valence-electron chi connectivity index (χ4n) is 1.82. The van der Waals surface area contributed by atoms with E-state index in [1.807, 2.05) is 20.8 Å². The Balaban J connectivity index is 2.34. The van der Waals surface area contributed by atoms with Gasteiger partial charge in [0.05, 0.1) is 13.1 Å². The molecule has 0 bridgehead atoms. The number of hydrogen-bond acceptors (Lipinski definition) is 3. The van der Waals surface area contributed by atoms with Gasteiger partial charge in [0.1, 0.15) is 12.4 Å². The Morgan fingerprint density at radius 2 is 1.96 bits per heavy atom. The molecule has 1 amide bonds. The number of nitrogens with one attached hydrogen (secondary N) is 3. The zero-order chi connectivity index (χ0) is 18.7. The highest BCUT2D eigenvalue weighted by atomic mass is 19.1. The van der Waals surface area contributed by atoms with Crippen LogP contribution in [-0.2, 0) is 4.79 Å². The van der Waals surface area contributed by atoms with Gasteiger partial charge in [0.15, 0.2) is 17.5 Å². The van der Waals surface area contributed by atoms with Crippen molar-refractivity contribution >= 4 is 11.9 Å². The van der Waals surface area contributed by atoms with Crippen LogP contribution in [0, 0.1) is 17.6 Å². The summed E-state index contributed by atoms with van der Waals surface area (Å²) in [6.45, 7) is 7.73. The van der Waals surface area contributed by atoms with Gasteiger partial charge in [0.2, 0.25) is 5.91 Å². The van der Waals surface area contributed by atoms with Gasteiger partial charge in [-0.2, -0.15) is 0 Å². The minimum Gasteiger partial charge on any atom is -0.489 e. The fraction of sp³-hybridized carbons (Fsp3) is 0.529. The summed E-state index contributed by atoms with van der Waals surface area (Å²) in [5.41, 5.74) is 0. The minimum absolute atomic E-state index is 0.00142. The monoisotopic (exact) mass is 356 g/mol. The number of hydrogen-bond donors (Lipinski definition) is 3. The van der Waals surface area contributed by atoms with Crippen molar-refractivity contribution in [3.8, 4) is 5.75 Å². The van der Waals surface area contributed by atoms with Crippen LogP contribution in [0.4, 0.5) is 8.78 Å². The van der Waals surface area contributed by atoms with Gasteiger partial charge in [-0.25, -0.2) is 8.78 Å². The molecule has 0 spiro atoms. The van der Waals surface area contributed by atoms with E-state index in [1.165, 1.54) is 6.07 Å². The van der Waals surface area contributed by atoms with Crippen LogP contribution in [0.2, 0.25) is 0 Å². The number of aliphatic imine (C=N–C) groups is 1. The molecule has 25 heavy (non-hydrogen) atoms. The molecule has 0 radical (unpaired) electrons. The second kappa shape index (κ2) is 11.2. The lowest BCUT2D eigenvalue weighted by atomic mass is 10.2. The Kier molecular flexibility index (Phi) is 9.28. The number of amides is 1. The zero-order valence-electron chi connectivity index (χ0n) is 14.9. The standard InChI is InChI=1S/C17H26F2N4O2/c1-4-20-17(22-8-7-21-16(24)12(2)3)23-9-10-25-15-6-5-13(18)11-14(15)19/h5-6,11-12H,4,7-10H2,1-3H3,(H,21,24)(H2,20,22,23). The number of ether oxygens (including phenoxy) is 1. The van der Waals surface area contributed by atoms with E-state index in [0.29, 0.717) is 32.1 Å². The first kappa shape index (κ1) is 20.7. The van der Waals surface area contributed by atoms with Crippen molar-refractivity contribution in [3.63, 3.8) is 0 Å². The molecule has 0 fully saturated rings. The molecule has 3 N–H and O–H groups in total. The largest absolute Gasteiger partial charge is 0.489 e. The van der Waals surface area contributed by atoms with Crippen molar-refractivity contribution in [1.29, 1.82) is 0 Å². The van der Waals surface area contributed by atoms with Gasteiger partial charge in [-0.1, -0.05) is 13.8 Å². The fourth-order valence-corrected chi connectivity index (χ4v) is 1.82. The first-order valence-electron chi connectivity index (χ1n) is 8.31. The van der Waals surface area contributed by atoms with Crippen molar-refractivity contribution in [2.75, 3.05) is 32.8 Å². The van der Waals surface area contributed by atoms with Crippen LogP contribution in [0.25, 0.3) is 0 Å². The van der Waals surface area contributed by atoms with Gasteiger partial charge in [-0.3, -0.25) is 9.79 Å². The number of nitrogens with zero attached hydrogens (tertiary/aromatic N) is 1. The Bertz CT molecular complexity index is 580. The molecular formula is C17H26F2N4O2. The summed E-state index contributed by atoms with van der Waals surface area (Å²) in [6, 6.07) is 3.17. The van der Waals surface area contributed by atoms with Crippen molar-refractivity contribution in [1.82, 2.24) is 16.0 Å². The van der Waals surface area contributed by atoms with Crippen LogP contribution in [0.3, 0.4) is 0 Å². The molecule has 0 aliphatic carbocycles. The second-order valence-electron chi connectivity index (χ2n) is 5.56. The van der Waals surface area contributed by atoms with Crippen LogP contribution >= 0.6 is 0 Å². The topological polar surface area (TPSA) is 74.8 Å². The van der Waals surface area contributed by atoms with Crippen LogP contribution in [-0.4, -0.2) is 44.7 Å². The molecule has 0 unspecified atom stereocenters. The third-order valence-corrected chi connectivity index (χ3v) is 3.10. The highest BCUT2D eigenvalue weighted by molar-refractivity contribution is 5.80. The van der Waals surface area contributed by atoms with Crippen LogP contribution in [0.1, 0.15) is 20.8 Å². The maximum Gasteiger partial charge on any atom is 0.222 e. The third kappa shape index (κ3) is 8.32. The average molecular weight is 356 g/mol. The number of carbonyl (C=O) groups excluding carboxylic acids is 1. The molecule has 0 heterocycles. The zero-order valence-corrected chi connectivity index (χ0v) is 14.9. The summed E-state index contributed by atoms with van der Waals surface area (Å²) in [7, 11) is 0. The third-order valence-electron chi connectivity index (χ3n) is 3.10. The van der Waals surface area contributed by atoms with E-state index >= 15 is 0 Å². The predicted molar refractivity (Wildman–Crippen MR) is 93.7 cm³/mol.